The molecule has 2 atom stereocenters. The molecule has 2 N–H and O–H groups in total. The van der Waals surface area contributed by atoms with E-state index in [0.717, 1.165) is 48.5 Å². The number of imidazole rings is 1. The number of fused-ring (bicyclic) bond motifs is 2. The zero-order valence-corrected chi connectivity index (χ0v) is 18.7. The van der Waals surface area contributed by atoms with Crippen LogP contribution in [0, 0.1) is 5.92 Å². The Morgan fingerprint density at radius 2 is 2.18 bits per heavy atom. The number of aromatic amines is 1. The highest BCUT2D eigenvalue weighted by atomic mass is 16.5. The number of nitrogens with one attached hydrogen (secondary N) is 2. The average molecular weight is 449 g/mol. The molecule has 1 aromatic carbocycles. The van der Waals surface area contributed by atoms with Crippen LogP contribution < -0.4 is 15.0 Å². The fourth-order valence-electron chi connectivity index (χ4n) is 4.99. The molecule has 0 saturated carbocycles. The van der Waals surface area contributed by atoms with Gasteiger partial charge in [-0.15, -0.1) is 0 Å². The predicted molar refractivity (Wildman–Crippen MR) is 123 cm³/mol. The third-order valence-corrected chi connectivity index (χ3v) is 6.60. The van der Waals surface area contributed by atoms with Crippen LogP contribution in [0.15, 0.2) is 30.9 Å². The number of amides is 1. The number of ketones is 1. The van der Waals surface area contributed by atoms with Crippen LogP contribution in [-0.2, 0) is 11.2 Å². The molecule has 1 saturated heterocycles. The van der Waals surface area contributed by atoms with Gasteiger partial charge in [-0.1, -0.05) is 12.1 Å². The monoisotopic (exact) mass is 448 g/mol. The van der Waals surface area contributed by atoms with E-state index in [1.54, 1.807) is 12.7 Å². The van der Waals surface area contributed by atoms with E-state index < -0.39 is 0 Å². The van der Waals surface area contributed by atoms with E-state index in [1.165, 1.54) is 0 Å². The lowest BCUT2D eigenvalue weighted by Crippen LogP contribution is -2.35. The fourth-order valence-corrected chi connectivity index (χ4v) is 4.99. The second-order valence-corrected chi connectivity index (χ2v) is 8.64. The molecule has 9 heteroatoms. The van der Waals surface area contributed by atoms with Crippen LogP contribution in [0.4, 0.5) is 5.82 Å². The minimum atomic E-state index is -0.265. The number of nitrogens with zero attached hydrogens (tertiary/aromatic N) is 4. The summed E-state index contributed by atoms with van der Waals surface area (Å²) in [5.41, 5.74) is 3.14. The largest absolute Gasteiger partial charge is 0.491 e. The van der Waals surface area contributed by atoms with Crippen LogP contribution in [0.3, 0.4) is 0 Å². The quantitative estimate of drug-likeness (QED) is 0.571. The number of H-pyrrole nitrogens is 1. The van der Waals surface area contributed by atoms with Crippen LogP contribution in [0.2, 0.25) is 0 Å². The summed E-state index contributed by atoms with van der Waals surface area (Å²) >= 11 is 0. The Hall–Kier alpha value is -3.49. The molecule has 172 valence electrons. The number of anilines is 1. The van der Waals surface area contributed by atoms with Crippen molar-refractivity contribution in [1.82, 2.24) is 25.3 Å². The van der Waals surface area contributed by atoms with Gasteiger partial charge >= 0.3 is 0 Å². The van der Waals surface area contributed by atoms with Gasteiger partial charge in [0.2, 0.25) is 5.91 Å². The summed E-state index contributed by atoms with van der Waals surface area (Å²) in [6.07, 6.45) is 6.88. The average Bonchev–Trinajstić information content (AvgIpc) is 3.49. The van der Waals surface area contributed by atoms with E-state index in [2.05, 4.69) is 30.2 Å². The van der Waals surface area contributed by atoms with E-state index in [0.29, 0.717) is 30.8 Å². The molecule has 0 spiro atoms. The van der Waals surface area contributed by atoms with Gasteiger partial charge in [-0.05, 0) is 38.7 Å². The lowest BCUT2D eigenvalue weighted by atomic mass is 9.80. The SMILES string of the molecule is CCNC(=O)CC1CCc2c(OCC3CCCN3c3ncnc4nc[nH]c34)cccc2C1=O. The van der Waals surface area contributed by atoms with E-state index in [-0.39, 0.29) is 30.1 Å². The van der Waals surface area contributed by atoms with Gasteiger partial charge in [0.1, 0.15) is 24.2 Å². The van der Waals surface area contributed by atoms with Crippen molar-refractivity contribution in [1.29, 1.82) is 0 Å². The third-order valence-electron chi connectivity index (χ3n) is 6.60. The second-order valence-electron chi connectivity index (χ2n) is 8.64. The highest BCUT2D eigenvalue weighted by molar-refractivity contribution is 6.02. The topological polar surface area (TPSA) is 113 Å². The maximum Gasteiger partial charge on any atom is 0.220 e. The molecule has 1 aliphatic carbocycles. The van der Waals surface area contributed by atoms with Crippen LogP contribution in [0.5, 0.6) is 5.75 Å². The smallest absolute Gasteiger partial charge is 0.220 e. The number of carbonyl (C=O) groups is 2. The van der Waals surface area contributed by atoms with Crippen LogP contribution in [0.25, 0.3) is 11.2 Å². The summed E-state index contributed by atoms with van der Waals surface area (Å²) in [5.74, 6) is 1.32. The molecule has 33 heavy (non-hydrogen) atoms. The minimum absolute atomic E-state index is 0.0399. The van der Waals surface area contributed by atoms with Gasteiger partial charge < -0.3 is 19.9 Å². The van der Waals surface area contributed by atoms with Gasteiger partial charge in [-0.2, -0.15) is 0 Å². The first kappa shape index (κ1) is 21.4. The highest BCUT2D eigenvalue weighted by Crippen LogP contribution is 2.34. The van der Waals surface area contributed by atoms with E-state index in [1.807, 2.05) is 25.1 Å². The van der Waals surface area contributed by atoms with Crippen LogP contribution in [-0.4, -0.2) is 57.4 Å². The number of ether oxygens (including phenoxy) is 1. The summed E-state index contributed by atoms with van der Waals surface area (Å²) in [6.45, 7) is 3.86. The summed E-state index contributed by atoms with van der Waals surface area (Å²) in [7, 11) is 0. The lowest BCUT2D eigenvalue weighted by molar-refractivity contribution is -0.121. The number of Topliss-reactive ketones (excluding diaryl/α,β-unsaturated/α-hetero) is 1. The van der Waals surface area contributed by atoms with Crippen molar-refractivity contribution in [3.8, 4) is 5.75 Å². The molecule has 3 heterocycles. The summed E-state index contributed by atoms with van der Waals surface area (Å²) in [5, 5.41) is 2.79. The predicted octanol–water partition coefficient (Wildman–Crippen LogP) is 2.67. The van der Waals surface area contributed by atoms with E-state index in [9.17, 15) is 9.59 Å². The molecule has 9 nitrogen and oxygen atoms in total. The van der Waals surface area contributed by atoms with E-state index in [4.69, 9.17) is 4.74 Å². The lowest BCUT2D eigenvalue weighted by Gasteiger charge is -2.28. The first-order valence-corrected chi connectivity index (χ1v) is 11.6. The second kappa shape index (κ2) is 9.17. The molecule has 3 aromatic rings. The number of benzene rings is 1. The standard InChI is InChI=1S/C24H28N6O3/c1-2-25-20(31)11-15-8-9-17-18(22(15)32)6-3-7-19(17)33-12-16-5-4-10-30(16)24-21-23(27-13-26-21)28-14-29-24/h3,6-7,13-16H,2,4-5,8-12H2,1H3,(H,25,31)(H,26,27,28,29). The Balaban J connectivity index is 1.30. The summed E-state index contributed by atoms with van der Waals surface area (Å²) in [4.78, 5) is 43.4. The minimum Gasteiger partial charge on any atom is -0.491 e. The zero-order valence-electron chi connectivity index (χ0n) is 18.7. The molecule has 1 aliphatic heterocycles. The normalized spacial score (nSPS) is 20.2. The Morgan fingerprint density at radius 1 is 1.27 bits per heavy atom. The van der Waals surface area contributed by atoms with Gasteiger partial charge in [0.05, 0.1) is 12.4 Å². The molecular weight excluding hydrogens is 420 g/mol. The number of hydrogen-bond donors (Lipinski definition) is 2. The van der Waals surface area contributed by atoms with Crippen molar-refractivity contribution in [3.05, 3.63) is 42.0 Å². The van der Waals surface area contributed by atoms with E-state index >= 15 is 0 Å². The molecule has 0 bridgehead atoms. The number of carbonyl (C=O) groups excluding carboxylic acids is 2. The first-order chi connectivity index (χ1) is 16.2. The van der Waals surface area contributed by atoms with Crippen molar-refractivity contribution < 1.29 is 14.3 Å². The summed E-state index contributed by atoms with van der Waals surface area (Å²) < 4.78 is 6.29. The zero-order chi connectivity index (χ0) is 22.8. The Morgan fingerprint density at radius 3 is 3.06 bits per heavy atom. The van der Waals surface area contributed by atoms with Crippen LogP contribution in [0.1, 0.15) is 48.5 Å². The first-order valence-electron chi connectivity index (χ1n) is 11.6. The van der Waals surface area contributed by atoms with Crippen LogP contribution >= 0.6 is 0 Å². The van der Waals surface area contributed by atoms with Crippen molar-refractivity contribution in [2.75, 3.05) is 24.6 Å². The molecule has 1 amide bonds. The number of hydrogen-bond acceptors (Lipinski definition) is 7. The summed E-state index contributed by atoms with van der Waals surface area (Å²) in [6, 6.07) is 5.83. The molecular formula is C24H28N6O3. The maximum atomic E-state index is 13.0. The Labute approximate surface area is 192 Å². The van der Waals surface area contributed by atoms with Gasteiger partial charge in [0.15, 0.2) is 17.2 Å². The van der Waals surface area contributed by atoms with Gasteiger partial charge in [-0.25, -0.2) is 15.0 Å². The molecule has 0 radical (unpaired) electrons. The molecule has 5 rings (SSSR count). The van der Waals surface area contributed by atoms with Crippen molar-refractivity contribution in [2.45, 2.75) is 45.1 Å². The molecule has 2 aliphatic rings. The van der Waals surface area contributed by atoms with Gasteiger partial charge in [0, 0.05) is 36.6 Å². The van der Waals surface area contributed by atoms with Gasteiger partial charge in [-0.3, -0.25) is 9.59 Å². The molecule has 1 fully saturated rings. The third kappa shape index (κ3) is 4.15. The van der Waals surface area contributed by atoms with Crippen molar-refractivity contribution in [3.63, 3.8) is 0 Å². The number of rotatable bonds is 7. The number of aromatic nitrogens is 4. The van der Waals surface area contributed by atoms with Crippen molar-refractivity contribution in [2.24, 2.45) is 5.92 Å². The maximum absolute atomic E-state index is 13.0. The highest BCUT2D eigenvalue weighted by Gasteiger charge is 2.32. The van der Waals surface area contributed by atoms with Crippen molar-refractivity contribution >= 4 is 28.7 Å². The fraction of sp³-hybridized carbons (Fsp3) is 0.458. The molecule has 2 unspecified atom stereocenters. The Bertz CT molecular complexity index is 1180. The van der Waals surface area contributed by atoms with Gasteiger partial charge in [0.25, 0.3) is 0 Å². The Kier molecular flexibility index (Phi) is 5.93. The molecule has 2 aromatic heterocycles.